The van der Waals surface area contributed by atoms with Crippen molar-refractivity contribution < 1.29 is 4.39 Å². The first kappa shape index (κ1) is 9.21. The van der Waals surface area contributed by atoms with E-state index in [0.29, 0.717) is 5.88 Å². The predicted molar refractivity (Wildman–Crippen MR) is 53.1 cm³/mol. The molecule has 2 aromatic rings. The van der Waals surface area contributed by atoms with Crippen LogP contribution in [0.2, 0.25) is 0 Å². The van der Waals surface area contributed by atoms with E-state index in [2.05, 4.69) is 4.98 Å². The molecule has 1 aromatic carbocycles. The molecular formula is C10H8ClFN2. The van der Waals surface area contributed by atoms with Crippen LogP contribution in [0.5, 0.6) is 0 Å². The molecule has 0 saturated carbocycles. The number of benzene rings is 1. The zero-order valence-electron chi connectivity index (χ0n) is 7.32. The van der Waals surface area contributed by atoms with Crippen LogP contribution in [0.15, 0.2) is 36.8 Å². The molecule has 0 N–H and O–H groups in total. The summed E-state index contributed by atoms with van der Waals surface area (Å²) in [5, 5.41) is 0. The molecule has 0 bridgehead atoms. The van der Waals surface area contributed by atoms with Gasteiger partial charge in [0, 0.05) is 11.9 Å². The van der Waals surface area contributed by atoms with Crippen LogP contribution in [-0.2, 0) is 5.88 Å². The van der Waals surface area contributed by atoms with Crippen molar-refractivity contribution in [2.75, 3.05) is 0 Å². The third-order valence-corrected chi connectivity index (χ3v) is 2.17. The lowest BCUT2D eigenvalue weighted by molar-refractivity contribution is 0.627. The molecule has 72 valence electrons. The van der Waals surface area contributed by atoms with Crippen LogP contribution in [0.4, 0.5) is 4.39 Å². The number of hydrogen-bond donors (Lipinski definition) is 0. The van der Waals surface area contributed by atoms with Crippen LogP contribution >= 0.6 is 11.6 Å². The fourth-order valence-electron chi connectivity index (χ4n) is 1.19. The molecule has 0 unspecified atom stereocenters. The van der Waals surface area contributed by atoms with E-state index in [0.717, 1.165) is 11.4 Å². The van der Waals surface area contributed by atoms with Crippen LogP contribution in [0.25, 0.3) is 5.69 Å². The van der Waals surface area contributed by atoms with Gasteiger partial charge in [0.25, 0.3) is 0 Å². The smallest absolute Gasteiger partial charge is 0.123 e. The number of rotatable bonds is 2. The molecule has 0 aliphatic rings. The summed E-state index contributed by atoms with van der Waals surface area (Å²) in [5.74, 6) is 0.139. The highest BCUT2D eigenvalue weighted by Gasteiger charge is 1.99. The van der Waals surface area contributed by atoms with E-state index in [1.54, 1.807) is 23.0 Å². The van der Waals surface area contributed by atoms with Crippen LogP contribution < -0.4 is 0 Å². The Balaban J connectivity index is 2.34. The largest absolute Gasteiger partial charge is 0.306 e. The quantitative estimate of drug-likeness (QED) is 0.697. The average Bonchev–Trinajstić information content (AvgIpc) is 2.67. The molecule has 14 heavy (non-hydrogen) atoms. The maximum atomic E-state index is 12.6. The number of alkyl halides is 1. The summed E-state index contributed by atoms with van der Waals surface area (Å²) in [6.45, 7) is 0. The van der Waals surface area contributed by atoms with E-state index in [1.165, 1.54) is 12.1 Å². The van der Waals surface area contributed by atoms with Gasteiger partial charge >= 0.3 is 0 Å². The van der Waals surface area contributed by atoms with Gasteiger partial charge in [0.05, 0.1) is 17.9 Å². The van der Waals surface area contributed by atoms with Crippen LogP contribution in [0, 0.1) is 5.82 Å². The maximum Gasteiger partial charge on any atom is 0.123 e. The van der Waals surface area contributed by atoms with Gasteiger partial charge in [-0.2, -0.15) is 0 Å². The number of hydrogen-bond acceptors (Lipinski definition) is 1. The highest BCUT2D eigenvalue weighted by Crippen LogP contribution is 2.10. The van der Waals surface area contributed by atoms with Crippen molar-refractivity contribution in [3.8, 4) is 5.69 Å². The average molecular weight is 211 g/mol. The van der Waals surface area contributed by atoms with Crippen LogP contribution in [-0.4, -0.2) is 9.55 Å². The molecule has 0 fully saturated rings. The fourth-order valence-corrected chi connectivity index (χ4v) is 1.33. The lowest BCUT2D eigenvalue weighted by Gasteiger charge is -2.00. The first-order valence-electron chi connectivity index (χ1n) is 4.14. The fraction of sp³-hybridized carbons (Fsp3) is 0.100. The Morgan fingerprint density at radius 1 is 1.29 bits per heavy atom. The Hall–Kier alpha value is -1.35. The number of aromatic nitrogens is 2. The number of imidazole rings is 1. The minimum Gasteiger partial charge on any atom is -0.306 e. The van der Waals surface area contributed by atoms with Gasteiger partial charge in [-0.05, 0) is 24.3 Å². The van der Waals surface area contributed by atoms with Crippen molar-refractivity contribution in [1.82, 2.24) is 9.55 Å². The Bertz CT molecular complexity index is 422. The predicted octanol–water partition coefficient (Wildman–Crippen LogP) is 2.75. The summed E-state index contributed by atoms with van der Waals surface area (Å²) in [6.07, 6.45) is 3.48. The van der Waals surface area contributed by atoms with Gasteiger partial charge in [-0.15, -0.1) is 11.6 Å². The van der Waals surface area contributed by atoms with E-state index in [-0.39, 0.29) is 5.82 Å². The monoisotopic (exact) mass is 210 g/mol. The van der Waals surface area contributed by atoms with Crippen molar-refractivity contribution in [1.29, 1.82) is 0 Å². The minimum atomic E-state index is -0.244. The van der Waals surface area contributed by atoms with Gasteiger partial charge in [-0.3, -0.25) is 0 Å². The van der Waals surface area contributed by atoms with Crippen molar-refractivity contribution in [3.05, 3.63) is 48.3 Å². The van der Waals surface area contributed by atoms with Gasteiger partial charge in [-0.1, -0.05) is 0 Å². The summed E-state index contributed by atoms with van der Waals surface area (Å²) in [6, 6.07) is 6.20. The summed E-state index contributed by atoms with van der Waals surface area (Å²) >= 11 is 5.62. The Labute approximate surface area is 86.0 Å². The highest BCUT2D eigenvalue weighted by molar-refractivity contribution is 6.16. The molecule has 2 nitrogen and oxygen atoms in total. The summed E-state index contributed by atoms with van der Waals surface area (Å²) < 4.78 is 14.4. The molecule has 0 aliphatic heterocycles. The van der Waals surface area contributed by atoms with Crippen molar-refractivity contribution in [3.63, 3.8) is 0 Å². The number of nitrogens with zero attached hydrogens (tertiary/aromatic N) is 2. The molecule has 0 aliphatic carbocycles. The molecule has 1 aromatic heterocycles. The molecule has 0 saturated heterocycles. The standard InChI is InChI=1S/C10H8ClFN2/c11-5-9-6-14(7-13-9)10-3-1-8(12)2-4-10/h1-4,6-7H,5H2. The van der Waals surface area contributed by atoms with E-state index in [4.69, 9.17) is 11.6 Å². The van der Waals surface area contributed by atoms with Gasteiger partial charge in [0.15, 0.2) is 0 Å². The molecule has 1 heterocycles. The molecular weight excluding hydrogens is 203 g/mol. The van der Waals surface area contributed by atoms with Gasteiger partial charge in [0.1, 0.15) is 5.82 Å². The molecule has 0 spiro atoms. The number of halogens is 2. The maximum absolute atomic E-state index is 12.6. The molecule has 4 heteroatoms. The Kier molecular flexibility index (Phi) is 2.50. The normalized spacial score (nSPS) is 10.4. The second-order valence-electron chi connectivity index (χ2n) is 2.88. The van der Waals surface area contributed by atoms with E-state index in [1.807, 2.05) is 6.20 Å². The topological polar surface area (TPSA) is 17.8 Å². The third kappa shape index (κ3) is 1.77. The van der Waals surface area contributed by atoms with E-state index in [9.17, 15) is 4.39 Å². The summed E-state index contributed by atoms with van der Waals surface area (Å²) in [4.78, 5) is 4.07. The zero-order chi connectivity index (χ0) is 9.97. The molecule has 0 atom stereocenters. The van der Waals surface area contributed by atoms with E-state index >= 15 is 0 Å². The summed E-state index contributed by atoms with van der Waals surface area (Å²) in [5.41, 5.74) is 1.67. The Morgan fingerprint density at radius 2 is 2.00 bits per heavy atom. The minimum absolute atomic E-state index is 0.244. The first-order chi connectivity index (χ1) is 6.79. The molecule has 0 radical (unpaired) electrons. The highest BCUT2D eigenvalue weighted by atomic mass is 35.5. The van der Waals surface area contributed by atoms with Crippen molar-refractivity contribution >= 4 is 11.6 Å². The second kappa shape index (κ2) is 3.80. The van der Waals surface area contributed by atoms with Crippen molar-refractivity contribution in [2.24, 2.45) is 0 Å². The zero-order valence-corrected chi connectivity index (χ0v) is 8.08. The lowest BCUT2D eigenvalue weighted by Crippen LogP contribution is -1.89. The van der Waals surface area contributed by atoms with Gasteiger partial charge in [0.2, 0.25) is 0 Å². The second-order valence-corrected chi connectivity index (χ2v) is 3.15. The van der Waals surface area contributed by atoms with Crippen LogP contribution in [0.1, 0.15) is 5.69 Å². The molecule has 2 rings (SSSR count). The van der Waals surface area contributed by atoms with Gasteiger partial charge in [-0.25, -0.2) is 9.37 Å². The third-order valence-electron chi connectivity index (χ3n) is 1.90. The van der Waals surface area contributed by atoms with Crippen molar-refractivity contribution in [2.45, 2.75) is 5.88 Å². The van der Waals surface area contributed by atoms with Crippen LogP contribution in [0.3, 0.4) is 0 Å². The SMILES string of the molecule is Fc1ccc(-n2cnc(CCl)c2)cc1. The first-order valence-corrected chi connectivity index (χ1v) is 4.68. The van der Waals surface area contributed by atoms with Gasteiger partial charge < -0.3 is 4.57 Å². The Morgan fingerprint density at radius 3 is 2.57 bits per heavy atom. The molecule has 0 amide bonds. The summed E-state index contributed by atoms with van der Waals surface area (Å²) in [7, 11) is 0. The lowest BCUT2D eigenvalue weighted by atomic mass is 10.3. The van der Waals surface area contributed by atoms with E-state index < -0.39 is 0 Å².